The number of carbonyl (C=O) groups is 1. The first-order valence-corrected chi connectivity index (χ1v) is 10.4. The van der Waals surface area contributed by atoms with Crippen LogP contribution in [0.4, 0.5) is 10.1 Å². The molecular formula is C22H19FN4O3S. The van der Waals surface area contributed by atoms with Crippen LogP contribution in [0.3, 0.4) is 0 Å². The highest BCUT2D eigenvalue weighted by atomic mass is 32.1. The minimum Gasteiger partial charge on any atom is -0.339 e. The molecule has 0 unspecified atom stereocenters. The predicted octanol–water partition coefficient (Wildman–Crippen LogP) is 4.87. The van der Waals surface area contributed by atoms with Gasteiger partial charge in [0.1, 0.15) is 5.82 Å². The Bertz CT molecular complexity index is 1270. The van der Waals surface area contributed by atoms with E-state index in [-0.39, 0.29) is 29.9 Å². The fourth-order valence-corrected chi connectivity index (χ4v) is 4.21. The van der Waals surface area contributed by atoms with E-state index in [4.69, 9.17) is 0 Å². The van der Waals surface area contributed by atoms with Gasteiger partial charge in [-0.2, -0.15) is 0 Å². The standard InChI is InChI=1S/C22H19FN4O3S/c1-14(16-4-3-5-18(10-16)27(29)30)25(2)21(28)11-19-13-31-22-24-20(12-26(19)22)15-6-8-17(23)9-7-15/h3-10,12-14H,11H2,1-2H3/t14-/m0/s1. The summed E-state index contributed by atoms with van der Waals surface area (Å²) in [4.78, 5) is 30.4. The average Bonchev–Trinajstić information content (AvgIpc) is 3.35. The van der Waals surface area contributed by atoms with E-state index in [1.807, 2.05) is 22.9 Å². The second-order valence-corrected chi connectivity index (χ2v) is 8.06. The lowest BCUT2D eigenvalue weighted by molar-refractivity contribution is -0.384. The zero-order chi connectivity index (χ0) is 22.1. The SMILES string of the molecule is C[C@@H](c1cccc([N+](=O)[O-])c1)N(C)C(=O)Cc1csc2nc(-c3ccc(F)cc3)cn12. The molecule has 4 rings (SSSR count). The molecule has 2 aromatic heterocycles. The van der Waals surface area contributed by atoms with Gasteiger partial charge in [-0.05, 0) is 36.8 Å². The molecule has 2 aromatic carbocycles. The van der Waals surface area contributed by atoms with Crippen LogP contribution in [0.5, 0.6) is 0 Å². The second-order valence-electron chi connectivity index (χ2n) is 7.22. The summed E-state index contributed by atoms with van der Waals surface area (Å²) in [7, 11) is 1.69. The number of thiazole rings is 1. The molecule has 2 heterocycles. The fraction of sp³-hybridized carbons (Fsp3) is 0.182. The summed E-state index contributed by atoms with van der Waals surface area (Å²) >= 11 is 1.43. The van der Waals surface area contributed by atoms with Gasteiger partial charge in [0, 0.05) is 42.0 Å². The summed E-state index contributed by atoms with van der Waals surface area (Å²) < 4.78 is 15.0. The molecule has 0 N–H and O–H groups in total. The number of nitrogens with zero attached hydrogens (tertiary/aromatic N) is 4. The maximum absolute atomic E-state index is 13.2. The lowest BCUT2D eigenvalue weighted by Crippen LogP contribution is -2.31. The van der Waals surface area contributed by atoms with Gasteiger partial charge in [-0.3, -0.25) is 19.3 Å². The van der Waals surface area contributed by atoms with Gasteiger partial charge in [-0.25, -0.2) is 9.37 Å². The molecule has 0 aliphatic rings. The first-order chi connectivity index (χ1) is 14.8. The number of benzene rings is 2. The third-order valence-electron chi connectivity index (χ3n) is 5.29. The molecule has 0 aliphatic heterocycles. The summed E-state index contributed by atoms with van der Waals surface area (Å²) in [5.74, 6) is -0.423. The Morgan fingerprint density at radius 2 is 2.03 bits per heavy atom. The molecule has 1 amide bonds. The smallest absolute Gasteiger partial charge is 0.269 e. The van der Waals surface area contributed by atoms with Gasteiger partial charge in [-0.1, -0.05) is 12.1 Å². The van der Waals surface area contributed by atoms with Crippen LogP contribution in [0.1, 0.15) is 24.2 Å². The van der Waals surface area contributed by atoms with Crippen molar-refractivity contribution in [2.45, 2.75) is 19.4 Å². The molecule has 0 aliphatic carbocycles. The van der Waals surface area contributed by atoms with Gasteiger partial charge in [0.25, 0.3) is 5.69 Å². The Balaban J connectivity index is 1.53. The van der Waals surface area contributed by atoms with E-state index in [2.05, 4.69) is 4.98 Å². The Hall–Kier alpha value is -3.59. The molecule has 4 aromatic rings. The molecule has 0 radical (unpaired) electrons. The van der Waals surface area contributed by atoms with Crippen LogP contribution in [0.15, 0.2) is 60.1 Å². The summed E-state index contributed by atoms with van der Waals surface area (Å²) in [6.07, 6.45) is 2.00. The molecule has 1 atom stereocenters. The van der Waals surface area contributed by atoms with E-state index >= 15 is 0 Å². The van der Waals surface area contributed by atoms with E-state index in [0.29, 0.717) is 11.3 Å². The van der Waals surface area contributed by atoms with Gasteiger partial charge < -0.3 is 4.90 Å². The van der Waals surface area contributed by atoms with Gasteiger partial charge in [0.15, 0.2) is 4.96 Å². The molecule has 9 heteroatoms. The number of likely N-dealkylation sites (N-methyl/N-ethyl adjacent to an activating group) is 1. The molecule has 0 saturated carbocycles. The van der Waals surface area contributed by atoms with Gasteiger partial charge >= 0.3 is 0 Å². The van der Waals surface area contributed by atoms with Gasteiger partial charge in [0.2, 0.25) is 5.91 Å². The minimum atomic E-state index is -0.447. The minimum absolute atomic E-state index is 0.00326. The zero-order valence-electron chi connectivity index (χ0n) is 16.9. The highest BCUT2D eigenvalue weighted by Gasteiger charge is 2.21. The van der Waals surface area contributed by atoms with Crippen LogP contribution in [-0.2, 0) is 11.2 Å². The zero-order valence-corrected chi connectivity index (χ0v) is 17.7. The van der Waals surface area contributed by atoms with Crippen molar-refractivity contribution in [1.29, 1.82) is 0 Å². The van der Waals surface area contributed by atoms with Crippen LogP contribution in [0.25, 0.3) is 16.2 Å². The average molecular weight is 438 g/mol. The Morgan fingerprint density at radius 3 is 2.74 bits per heavy atom. The Labute approximate surface area is 181 Å². The van der Waals surface area contributed by atoms with Crippen LogP contribution in [0, 0.1) is 15.9 Å². The van der Waals surface area contributed by atoms with Crippen molar-refractivity contribution in [2.75, 3.05) is 7.05 Å². The van der Waals surface area contributed by atoms with Gasteiger partial charge in [-0.15, -0.1) is 11.3 Å². The molecule has 7 nitrogen and oxygen atoms in total. The van der Waals surface area contributed by atoms with Crippen molar-refractivity contribution in [1.82, 2.24) is 14.3 Å². The maximum atomic E-state index is 13.2. The highest BCUT2D eigenvalue weighted by molar-refractivity contribution is 7.15. The lowest BCUT2D eigenvalue weighted by Gasteiger charge is -2.25. The quantitative estimate of drug-likeness (QED) is 0.318. The molecule has 0 saturated heterocycles. The molecular weight excluding hydrogens is 419 g/mol. The number of halogens is 1. The predicted molar refractivity (Wildman–Crippen MR) is 116 cm³/mol. The number of hydrogen-bond acceptors (Lipinski definition) is 5. The summed E-state index contributed by atoms with van der Waals surface area (Å²) in [5, 5.41) is 12.9. The number of non-ortho nitro benzene ring substituents is 1. The fourth-order valence-electron chi connectivity index (χ4n) is 3.33. The number of nitro benzene ring substituents is 1. The number of nitro groups is 1. The number of carbonyl (C=O) groups excluding carboxylic acids is 1. The lowest BCUT2D eigenvalue weighted by atomic mass is 10.1. The maximum Gasteiger partial charge on any atom is 0.269 e. The first-order valence-electron chi connectivity index (χ1n) is 9.55. The number of aromatic nitrogens is 2. The van der Waals surface area contributed by atoms with Crippen LogP contribution >= 0.6 is 11.3 Å². The number of amides is 1. The summed E-state index contributed by atoms with van der Waals surface area (Å²) in [6, 6.07) is 12.1. The monoisotopic (exact) mass is 438 g/mol. The second kappa shape index (κ2) is 8.27. The topological polar surface area (TPSA) is 80.8 Å². The summed E-state index contributed by atoms with van der Waals surface area (Å²) in [6.45, 7) is 1.84. The number of fused-ring (bicyclic) bond motifs is 1. The molecule has 31 heavy (non-hydrogen) atoms. The van der Waals surface area contributed by atoms with E-state index in [1.165, 1.54) is 35.6 Å². The van der Waals surface area contributed by atoms with Crippen molar-refractivity contribution < 1.29 is 14.1 Å². The third kappa shape index (κ3) is 4.17. The van der Waals surface area contributed by atoms with Gasteiger partial charge in [0.05, 0.1) is 23.1 Å². The van der Waals surface area contributed by atoms with Crippen LogP contribution < -0.4 is 0 Å². The van der Waals surface area contributed by atoms with Crippen LogP contribution in [0.2, 0.25) is 0 Å². The van der Waals surface area contributed by atoms with E-state index in [9.17, 15) is 19.3 Å². The van der Waals surface area contributed by atoms with Crippen molar-refractivity contribution in [3.05, 3.63) is 87.3 Å². The van der Waals surface area contributed by atoms with E-state index < -0.39 is 4.92 Å². The summed E-state index contributed by atoms with van der Waals surface area (Å²) in [5.41, 5.74) is 2.99. The van der Waals surface area contributed by atoms with E-state index in [1.54, 1.807) is 36.2 Å². The third-order valence-corrected chi connectivity index (χ3v) is 6.18. The number of imidazole rings is 1. The number of hydrogen-bond donors (Lipinski definition) is 0. The van der Waals surface area contributed by atoms with Crippen molar-refractivity contribution in [2.24, 2.45) is 0 Å². The van der Waals surface area contributed by atoms with Crippen molar-refractivity contribution >= 4 is 27.9 Å². The first kappa shape index (κ1) is 20.7. The highest BCUT2D eigenvalue weighted by Crippen LogP contribution is 2.26. The van der Waals surface area contributed by atoms with Crippen molar-refractivity contribution in [3.8, 4) is 11.3 Å². The normalized spacial score (nSPS) is 12.1. The Morgan fingerprint density at radius 1 is 1.29 bits per heavy atom. The number of rotatable bonds is 6. The van der Waals surface area contributed by atoms with E-state index in [0.717, 1.165) is 16.2 Å². The Kier molecular flexibility index (Phi) is 5.51. The molecule has 158 valence electrons. The van der Waals surface area contributed by atoms with Crippen LogP contribution in [-0.4, -0.2) is 32.2 Å². The molecule has 0 bridgehead atoms. The van der Waals surface area contributed by atoms with Crippen molar-refractivity contribution in [3.63, 3.8) is 0 Å². The molecule has 0 spiro atoms. The molecule has 0 fully saturated rings. The largest absolute Gasteiger partial charge is 0.339 e.